The van der Waals surface area contributed by atoms with Gasteiger partial charge in [0.2, 0.25) is 11.8 Å². The third-order valence-electron chi connectivity index (χ3n) is 6.38. The molecule has 162 valence electrons. The number of hydrogen-bond donors (Lipinski definition) is 1. The Morgan fingerprint density at radius 3 is 2.47 bits per heavy atom. The van der Waals surface area contributed by atoms with E-state index >= 15 is 4.39 Å². The first kappa shape index (κ1) is 20.9. The zero-order valence-electron chi connectivity index (χ0n) is 17.3. The third kappa shape index (κ3) is 3.73. The van der Waals surface area contributed by atoms with Gasteiger partial charge in [-0.25, -0.2) is 8.78 Å². The van der Waals surface area contributed by atoms with E-state index in [4.69, 9.17) is 0 Å². The summed E-state index contributed by atoms with van der Waals surface area (Å²) in [6, 6.07) is 0.287. The van der Waals surface area contributed by atoms with E-state index in [1.807, 2.05) is 0 Å². The number of fused-ring (bicyclic) bond motifs is 1. The SMILES string of the molecule is CC(C)CN1CCC(c2c(F)cc3c(c2F)CN(C2CCC(=O)NC2=O)C3=O)CC1. The van der Waals surface area contributed by atoms with Gasteiger partial charge < -0.3 is 9.80 Å². The van der Waals surface area contributed by atoms with Gasteiger partial charge in [-0.1, -0.05) is 13.8 Å². The van der Waals surface area contributed by atoms with Crippen LogP contribution < -0.4 is 5.32 Å². The number of benzene rings is 1. The summed E-state index contributed by atoms with van der Waals surface area (Å²) in [5, 5.41) is 2.22. The Bertz CT molecular complexity index is 894. The average Bonchev–Trinajstić information content (AvgIpc) is 2.99. The Labute approximate surface area is 174 Å². The molecule has 30 heavy (non-hydrogen) atoms. The number of carbonyl (C=O) groups is 3. The Kier molecular flexibility index (Phi) is 5.61. The molecule has 2 fully saturated rings. The minimum Gasteiger partial charge on any atom is -0.322 e. The van der Waals surface area contributed by atoms with Gasteiger partial charge in [-0.15, -0.1) is 0 Å². The lowest BCUT2D eigenvalue weighted by atomic mass is 9.86. The Balaban J connectivity index is 1.55. The van der Waals surface area contributed by atoms with Crippen LogP contribution in [0, 0.1) is 17.6 Å². The van der Waals surface area contributed by atoms with Gasteiger partial charge in [0.25, 0.3) is 5.91 Å². The molecule has 6 nitrogen and oxygen atoms in total. The maximum Gasteiger partial charge on any atom is 0.255 e. The molecule has 3 aliphatic heterocycles. The Morgan fingerprint density at radius 1 is 1.13 bits per heavy atom. The van der Waals surface area contributed by atoms with Gasteiger partial charge in [-0.3, -0.25) is 19.7 Å². The molecule has 0 aliphatic carbocycles. The maximum absolute atomic E-state index is 15.4. The summed E-state index contributed by atoms with van der Waals surface area (Å²) in [5.41, 5.74) is 0.206. The molecular weight excluding hydrogens is 392 g/mol. The van der Waals surface area contributed by atoms with Crippen molar-refractivity contribution < 1.29 is 23.2 Å². The predicted octanol–water partition coefficient (Wildman–Crippen LogP) is 2.56. The quantitative estimate of drug-likeness (QED) is 0.762. The van der Waals surface area contributed by atoms with Crippen molar-refractivity contribution in [2.45, 2.75) is 58.0 Å². The number of nitrogens with one attached hydrogen (secondary N) is 1. The molecule has 0 bridgehead atoms. The highest BCUT2D eigenvalue weighted by Crippen LogP contribution is 2.38. The fraction of sp³-hybridized carbons (Fsp3) is 0.591. The molecule has 1 unspecified atom stereocenters. The van der Waals surface area contributed by atoms with Crippen LogP contribution in [0.5, 0.6) is 0 Å². The topological polar surface area (TPSA) is 69.7 Å². The molecule has 0 saturated carbocycles. The van der Waals surface area contributed by atoms with Crippen molar-refractivity contribution in [3.63, 3.8) is 0 Å². The van der Waals surface area contributed by atoms with Gasteiger partial charge in [-0.05, 0) is 50.3 Å². The number of hydrogen-bond acceptors (Lipinski definition) is 4. The van der Waals surface area contributed by atoms with Crippen molar-refractivity contribution in [2.75, 3.05) is 19.6 Å². The number of halogens is 2. The van der Waals surface area contributed by atoms with Crippen LogP contribution in [0.15, 0.2) is 6.07 Å². The molecule has 0 aromatic heterocycles. The molecule has 4 rings (SSSR count). The molecule has 3 amide bonds. The maximum atomic E-state index is 15.4. The highest BCUT2D eigenvalue weighted by molar-refractivity contribution is 6.05. The summed E-state index contributed by atoms with van der Waals surface area (Å²) in [4.78, 5) is 39.9. The molecule has 1 N–H and O–H groups in total. The number of imide groups is 1. The van der Waals surface area contributed by atoms with Crippen LogP contribution in [0.2, 0.25) is 0 Å². The fourth-order valence-electron chi connectivity index (χ4n) is 4.95. The van der Waals surface area contributed by atoms with E-state index < -0.39 is 29.5 Å². The second-order valence-electron chi connectivity index (χ2n) is 8.98. The number of rotatable bonds is 4. The van der Waals surface area contributed by atoms with Gasteiger partial charge in [0.1, 0.15) is 17.7 Å². The monoisotopic (exact) mass is 419 g/mol. The summed E-state index contributed by atoms with van der Waals surface area (Å²) in [7, 11) is 0. The van der Waals surface area contributed by atoms with Crippen LogP contribution in [-0.2, 0) is 16.1 Å². The van der Waals surface area contributed by atoms with Crippen LogP contribution in [-0.4, -0.2) is 53.2 Å². The first-order chi connectivity index (χ1) is 14.3. The highest BCUT2D eigenvalue weighted by Gasteiger charge is 2.42. The molecule has 3 heterocycles. The van der Waals surface area contributed by atoms with E-state index in [2.05, 4.69) is 24.1 Å². The largest absolute Gasteiger partial charge is 0.322 e. The Hall–Kier alpha value is -2.35. The molecule has 0 spiro atoms. The average molecular weight is 419 g/mol. The van der Waals surface area contributed by atoms with Crippen molar-refractivity contribution in [1.29, 1.82) is 0 Å². The molecule has 3 aliphatic rings. The van der Waals surface area contributed by atoms with Crippen LogP contribution in [0.25, 0.3) is 0 Å². The zero-order chi connectivity index (χ0) is 21.6. The summed E-state index contributed by atoms with van der Waals surface area (Å²) < 4.78 is 30.3. The van der Waals surface area contributed by atoms with Crippen molar-refractivity contribution in [1.82, 2.24) is 15.1 Å². The molecule has 8 heteroatoms. The van der Waals surface area contributed by atoms with Gasteiger partial charge in [0.15, 0.2) is 0 Å². The highest BCUT2D eigenvalue weighted by atomic mass is 19.1. The smallest absolute Gasteiger partial charge is 0.255 e. The lowest BCUT2D eigenvalue weighted by Crippen LogP contribution is -2.52. The molecule has 1 atom stereocenters. The van der Waals surface area contributed by atoms with Gasteiger partial charge >= 0.3 is 0 Å². The lowest BCUT2D eigenvalue weighted by Gasteiger charge is -2.33. The van der Waals surface area contributed by atoms with Crippen molar-refractivity contribution >= 4 is 17.7 Å². The van der Waals surface area contributed by atoms with Crippen molar-refractivity contribution in [3.8, 4) is 0 Å². The normalized spacial score (nSPS) is 23.3. The van der Waals surface area contributed by atoms with E-state index in [0.717, 1.165) is 25.7 Å². The van der Waals surface area contributed by atoms with E-state index in [0.29, 0.717) is 18.8 Å². The van der Waals surface area contributed by atoms with E-state index in [1.54, 1.807) is 0 Å². The first-order valence-corrected chi connectivity index (χ1v) is 10.6. The molecular formula is C22H27F2N3O3. The van der Waals surface area contributed by atoms with Crippen molar-refractivity contribution in [3.05, 3.63) is 34.4 Å². The fourth-order valence-corrected chi connectivity index (χ4v) is 4.95. The van der Waals surface area contributed by atoms with Crippen molar-refractivity contribution in [2.24, 2.45) is 5.92 Å². The Morgan fingerprint density at radius 2 is 1.83 bits per heavy atom. The standard InChI is InChI=1S/C22H27F2N3O3/c1-12(2)10-26-7-5-13(6-8-26)19-16(23)9-14-15(20(19)24)11-27(22(14)30)17-3-4-18(28)25-21(17)29/h9,12-13,17H,3-8,10-11H2,1-2H3,(H,25,28,29). The number of likely N-dealkylation sites (tertiary alicyclic amines) is 1. The first-order valence-electron chi connectivity index (χ1n) is 10.6. The van der Waals surface area contributed by atoms with Gasteiger partial charge in [-0.2, -0.15) is 0 Å². The lowest BCUT2D eigenvalue weighted by molar-refractivity contribution is -0.136. The van der Waals surface area contributed by atoms with Crippen LogP contribution in [0.4, 0.5) is 8.78 Å². The summed E-state index contributed by atoms with van der Waals surface area (Å²) in [6.45, 7) is 6.78. The number of amides is 3. The van der Waals surface area contributed by atoms with Crippen LogP contribution >= 0.6 is 0 Å². The van der Waals surface area contributed by atoms with Crippen LogP contribution in [0.3, 0.4) is 0 Å². The van der Waals surface area contributed by atoms with E-state index in [9.17, 15) is 18.8 Å². The van der Waals surface area contributed by atoms with E-state index in [1.165, 1.54) is 4.90 Å². The second-order valence-corrected chi connectivity index (χ2v) is 8.98. The third-order valence-corrected chi connectivity index (χ3v) is 6.38. The molecule has 1 aromatic carbocycles. The zero-order valence-corrected chi connectivity index (χ0v) is 17.3. The minimum absolute atomic E-state index is 0.0179. The van der Waals surface area contributed by atoms with Gasteiger partial charge in [0, 0.05) is 24.1 Å². The minimum atomic E-state index is -0.840. The number of nitrogens with zero attached hydrogens (tertiary/aromatic N) is 2. The predicted molar refractivity (Wildman–Crippen MR) is 106 cm³/mol. The summed E-state index contributed by atoms with van der Waals surface area (Å²) in [5.74, 6) is -2.54. The molecule has 1 aromatic rings. The number of carbonyl (C=O) groups excluding carboxylic acids is 3. The molecule has 0 radical (unpaired) electrons. The second kappa shape index (κ2) is 8.06. The van der Waals surface area contributed by atoms with E-state index in [-0.39, 0.29) is 47.9 Å². The van der Waals surface area contributed by atoms with Gasteiger partial charge in [0.05, 0.1) is 12.1 Å². The number of piperidine rings is 2. The summed E-state index contributed by atoms with van der Waals surface area (Å²) in [6.07, 6.45) is 1.65. The summed E-state index contributed by atoms with van der Waals surface area (Å²) >= 11 is 0. The molecule has 2 saturated heterocycles. The van der Waals surface area contributed by atoms with Crippen LogP contribution in [0.1, 0.15) is 66.9 Å².